The number of fused-ring (bicyclic) bond motifs is 1. The van der Waals surface area contributed by atoms with Gasteiger partial charge in [0.25, 0.3) is 10.1 Å². The lowest BCUT2D eigenvalue weighted by atomic mass is 9.91. The molecule has 0 heterocycles. The van der Waals surface area contributed by atoms with Crippen LogP contribution < -0.4 is 0 Å². The first kappa shape index (κ1) is 44.8. The maximum atomic E-state index is 11.8. The third-order valence-corrected chi connectivity index (χ3v) is 11.9. The highest BCUT2D eigenvalue weighted by molar-refractivity contribution is 7.85. The van der Waals surface area contributed by atoms with Gasteiger partial charge in [-0.25, -0.2) is 0 Å². The molecule has 0 fully saturated rings. The van der Waals surface area contributed by atoms with Crippen LogP contribution in [0.1, 0.15) is 230 Å². The van der Waals surface area contributed by atoms with E-state index in [1.165, 1.54) is 217 Å². The molecule has 4 heteroatoms. The van der Waals surface area contributed by atoms with Gasteiger partial charge in [0, 0.05) is 0 Å². The van der Waals surface area contributed by atoms with Crippen LogP contribution in [0.15, 0.2) is 35.2 Å². The number of hydrogen-bond acceptors (Lipinski definition) is 2. The van der Waals surface area contributed by atoms with Crippen LogP contribution in [0.25, 0.3) is 10.8 Å². The highest BCUT2D eigenvalue weighted by Crippen LogP contribution is 2.29. The van der Waals surface area contributed by atoms with Crippen molar-refractivity contribution in [1.29, 1.82) is 0 Å². The lowest BCUT2D eigenvalue weighted by molar-refractivity contribution is 0.483. The second kappa shape index (κ2) is 30.1. The molecule has 0 saturated carbocycles. The molecule has 2 aromatic carbocycles. The van der Waals surface area contributed by atoms with Crippen molar-refractivity contribution in [1.82, 2.24) is 0 Å². The summed E-state index contributed by atoms with van der Waals surface area (Å²) in [5.41, 5.74) is 2.83. The van der Waals surface area contributed by atoms with Gasteiger partial charge < -0.3 is 0 Å². The van der Waals surface area contributed by atoms with Gasteiger partial charge in [-0.15, -0.1) is 0 Å². The Morgan fingerprint density at radius 3 is 1.12 bits per heavy atom. The van der Waals surface area contributed by atoms with E-state index >= 15 is 0 Å². The molecule has 0 amide bonds. The average molecular weight is 713 g/mol. The summed E-state index contributed by atoms with van der Waals surface area (Å²) in [5.74, 6) is 0. The lowest BCUT2D eigenvalue weighted by Gasteiger charge is -2.14. The minimum Gasteiger partial charge on any atom is -0.282 e. The molecule has 0 aromatic heterocycles. The number of unbranched alkanes of at least 4 members (excludes halogenated alkanes) is 30. The summed E-state index contributed by atoms with van der Waals surface area (Å²) < 4.78 is 33.2. The molecule has 0 saturated heterocycles. The van der Waals surface area contributed by atoms with E-state index in [1.807, 2.05) is 6.07 Å². The maximum Gasteiger partial charge on any atom is 0.294 e. The van der Waals surface area contributed by atoms with Crippen LogP contribution in [-0.4, -0.2) is 13.0 Å². The monoisotopic (exact) mass is 713 g/mol. The maximum absolute atomic E-state index is 11.8. The molecule has 0 spiro atoms. The van der Waals surface area contributed by atoms with Gasteiger partial charge in [0.2, 0.25) is 0 Å². The van der Waals surface area contributed by atoms with Crippen molar-refractivity contribution < 1.29 is 13.0 Å². The van der Waals surface area contributed by atoms with Gasteiger partial charge in [-0.1, -0.05) is 225 Å². The van der Waals surface area contributed by atoms with E-state index < -0.39 is 10.1 Å². The summed E-state index contributed by atoms with van der Waals surface area (Å²) in [4.78, 5) is -0.0103. The molecule has 0 unspecified atom stereocenters. The number of aryl methyl sites for hydroxylation is 2. The zero-order chi connectivity index (χ0) is 36.0. The molecule has 0 bridgehead atoms. The Kier molecular flexibility index (Phi) is 27.0. The zero-order valence-corrected chi connectivity index (χ0v) is 33.9. The van der Waals surface area contributed by atoms with Crippen LogP contribution in [0.2, 0.25) is 0 Å². The van der Waals surface area contributed by atoms with Crippen molar-refractivity contribution in [2.45, 2.75) is 237 Å². The van der Waals surface area contributed by atoms with Gasteiger partial charge in [-0.3, -0.25) is 4.55 Å². The summed E-state index contributed by atoms with van der Waals surface area (Å²) in [7, 11) is -4.20. The minimum atomic E-state index is -4.20. The van der Waals surface area contributed by atoms with Crippen molar-refractivity contribution in [2.75, 3.05) is 0 Å². The molecule has 3 nitrogen and oxygen atoms in total. The minimum absolute atomic E-state index is 0.0103. The molecule has 0 aliphatic carbocycles. The summed E-state index contributed by atoms with van der Waals surface area (Å²) >= 11 is 0. The normalized spacial score (nSPS) is 12.0. The van der Waals surface area contributed by atoms with Crippen LogP contribution in [0.3, 0.4) is 0 Å². The molecule has 2 aromatic rings. The third-order valence-electron chi connectivity index (χ3n) is 11.1. The van der Waals surface area contributed by atoms with E-state index in [9.17, 15) is 13.0 Å². The van der Waals surface area contributed by atoms with Gasteiger partial charge in [-0.2, -0.15) is 8.42 Å². The molecule has 0 aliphatic heterocycles. The van der Waals surface area contributed by atoms with Crippen molar-refractivity contribution in [3.63, 3.8) is 0 Å². The molecule has 288 valence electrons. The van der Waals surface area contributed by atoms with E-state index in [1.54, 1.807) is 12.1 Å². The molecule has 0 radical (unpaired) electrons. The van der Waals surface area contributed by atoms with Gasteiger partial charge in [-0.05, 0) is 59.7 Å². The first-order chi connectivity index (χ1) is 24.5. The second-order valence-electron chi connectivity index (χ2n) is 15.7. The van der Waals surface area contributed by atoms with Crippen molar-refractivity contribution in [2.24, 2.45) is 0 Å². The van der Waals surface area contributed by atoms with Gasteiger partial charge in [0.15, 0.2) is 0 Å². The largest absolute Gasteiger partial charge is 0.294 e. The average Bonchev–Trinajstić information content (AvgIpc) is 3.11. The topological polar surface area (TPSA) is 54.4 Å². The predicted octanol–water partition coefficient (Wildman–Crippen LogP) is 15.7. The molecule has 2 rings (SSSR count). The number of benzene rings is 2. The van der Waals surface area contributed by atoms with E-state index in [-0.39, 0.29) is 4.90 Å². The third kappa shape index (κ3) is 21.9. The second-order valence-corrected chi connectivity index (χ2v) is 17.1. The lowest BCUT2D eigenvalue weighted by Crippen LogP contribution is -2.00. The van der Waals surface area contributed by atoms with Crippen LogP contribution in [0, 0.1) is 0 Å². The molecule has 0 aliphatic rings. The standard InChI is InChI=1S/C46H80O3S/c1-3-5-7-9-11-13-15-17-19-21-23-25-27-29-31-33-35-42-37-38-43-41-44(50(47,48)49)39-40-46(43)45(42)36-34-32-30-28-26-24-22-20-18-16-14-12-10-8-6-4-2/h37-41H,3-36H2,1-2H3,(H,47,48,49). The van der Waals surface area contributed by atoms with Gasteiger partial charge in [0.05, 0.1) is 4.90 Å². The number of hydrogen-bond donors (Lipinski definition) is 1. The summed E-state index contributed by atoms with van der Waals surface area (Å²) in [6.07, 6.45) is 46.3. The van der Waals surface area contributed by atoms with Crippen molar-refractivity contribution in [3.05, 3.63) is 41.5 Å². The van der Waals surface area contributed by atoms with Crippen LogP contribution in [0.4, 0.5) is 0 Å². The molecule has 50 heavy (non-hydrogen) atoms. The van der Waals surface area contributed by atoms with E-state index in [0.29, 0.717) is 0 Å². The fraction of sp³-hybridized carbons (Fsp3) is 0.783. The van der Waals surface area contributed by atoms with Gasteiger partial charge >= 0.3 is 0 Å². The fourth-order valence-corrected chi connectivity index (χ4v) is 8.34. The van der Waals surface area contributed by atoms with Crippen molar-refractivity contribution in [3.8, 4) is 0 Å². The Morgan fingerprint density at radius 1 is 0.420 bits per heavy atom. The predicted molar refractivity (Wildman–Crippen MR) is 220 cm³/mol. The van der Waals surface area contributed by atoms with E-state index in [2.05, 4.69) is 26.0 Å². The fourth-order valence-electron chi connectivity index (χ4n) is 7.82. The Bertz CT molecular complexity index is 1190. The Morgan fingerprint density at radius 2 is 0.760 bits per heavy atom. The smallest absolute Gasteiger partial charge is 0.282 e. The van der Waals surface area contributed by atoms with E-state index in [0.717, 1.165) is 23.6 Å². The van der Waals surface area contributed by atoms with Crippen LogP contribution in [0.5, 0.6) is 0 Å². The molecular weight excluding hydrogens is 633 g/mol. The Labute approximate surface area is 311 Å². The van der Waals surface area contributed by atoms with Crippen LogP contribution in [-0.2, 0) is 23.0 Å². The molecule has 0 atom stereocenters. The highest BCUT2D eigenvalue weighted by atomic mass is 32.2. The SMILES string of the molecule is CCCCCCCCCCCCCCCCCCc1ccc2cc(S(=O)(=O)O)ccc2c1CCCCCCCCCCCCCCCCCC. The highest BCUT2D eigenvalue weighted by Gasteiger charge is 2.13. The first-order valence-corrected chi connectivity index (χ1v) is 23.4. The quantitative estimate of drug-likeness (QED) is 0.0572. The first-order valence-electron chi connectivity index (χ1n) is 22.0. The van der Waals surface area contributed by atoms with Crippen LogP contribution >= 0.6 is 0 Å². The molecular formula is C46H80O3S. The van der Waals surface area contributed by atoms with E-state index in [4.69, 9.17) is 0 Å². The summed E-state index contributed by atoms with van der Waals surface area (Å²) in [6, 6.07) is 9.43. The van der Waals surface area contributed by atoms with Crippen molar-refractivity contribution >= 4 is 20.9 Å². The zero-order valence-electron chi connectivity index (χ0n) is 33.1. The summed E-state index contributed by atoms with van der Waals surface area (Å²) in [6.45, 7) is 4.58. The van der Waals surface area contributed by atoms with Gasteiger partial charge in [0.1, 0.15) is 0 Å². The Balaban J connectivity index is 1.65. The Hall–Kier alpha value is -1.39. The molecule has 1 N–H and O–H groups in total. The number of rotatable bonds is 35. The summed E-state index contributed by atoms with van der Waals surface area (Å²) in [5, 5.41) is 2.08.